The van der Waals surface area contributed by atoms with Gasteiger partial charge in [-0.25, -0.2) is 0 Å². The van der Waals surface area contributed by atoms with Crippen molar-refractivity contribution in [1.29, 1.82) is 0 Å². The van der Waals surface area contributed by atoms with Gasteiger partial charge in [0.2, 0.25) is 0 Å². The van der Waals surface area contributed by atoms with E-state index in [9.17, 15) is 0 Å². The minimum atomic E-state index is 0. The number of halogens is 4. The second-order valence-electron chi connectivity index (χ2n) is 5.49. The van der Waals surface area contributed by atoms with Crippen LogP contribution in [0.3, 0.4) is 0 Å². The van der Waals surface area contributed by atoms with Crippen molar-refractivity contribution in [2.75, 3.05) is 55.5 Å². The largest absolute Gasteiger partial charge is 2.00 e. The molecule has 0 radical (unpaired) electrons. The SMILES string of the molecule is CN(C)CCN(C)C.COc1cc[c-]cc1.COc1cc[c-]cc1.[Br-].[Br-].[Cl-].[Cl-].[Mg+2].[Mg+2].[Zn+2]. The molecule has 0 aliphatic heterocycles. The second kappa shape index (κ2) is 38.9. The number of rotatable bonds is 5. The summed E-state index contributed by atoms with van der Waals surface area (Å²) in [6.45, 7) is 2.29. The van der Waals surface area contributed by atoms with Gasteiger partial charge in [0, 0.05) is 24.6 Å². The summed E-state index contributed by atoms with van der Waals surface area (Å²) in [5.74, 6) is 1.76. The van der Waals surface area contributed by atoms with E-state index < -0.39 is 0 Å². The van der Waals surface area contributed by atoms with Gasteiger partial charge in [-0.1, -0.05) is 0 Å². The molecular formula is C20H30Br2Cl2Mg2N2O2Zn. The molecule has 0 N–H and O–H groups in total. The summed E-state index contributed by atoms with van der Waals surface area (Å²) in [5, 5.41) is 0. The van der Waals surface area contributed by atoms with Gasteiger partial charge < -0.3 is 78.1 Å². The van der Waals surface area contributed by atoms with Gasteiger partial charge in [-0.05, 0) is 28.2 Å². The molecule has 31 heavy (non-hydrogen) atoms. The molecule has 2 aromatic rings. The van der Waals surface area contributed by atoms with E-state index in [4.69, 9.17) is 9.47 Å². The molecule has 2 aromatic carbocycles. The molecular weight excluding hydrogens is 645 g/mol. The number of hydrogen-bond acceptors (Lipinski definition) is 4. The normalized spacial score (nSPS) is 7.35. The first-order valence-corrected chi connectivity index (χ1v) is 7.79. The van der Waals surface area contributed by atoms with Crippen LogP contribution in [0.4, 0.5) is 0 Å². The van der Waals surface area contributed by atoms with Crippen LogP contribution in [0.1, 0.15) is 0 Å². The maximum absolute atomic E-state index is 4.89. The molecule has 0 aliphatic rings. The van der Waals surface area contributed by atoms with E-state index >= 15 is 0 Å². The Hall–Kier alpha value is 1.66. The van der Waals surface area contributed by atoms with Gasteiger partial charge in [0.05, 0.1) is 14.2 Å². The van der Waals surface area contributed by atoms with Crippen molar-refractivity contribution in [2.45, 2.75) is 0 Å². The van der Waals surface area contributed by atoms with Gasteiger partial charge in [-0.3, -0.25) is 0 Å². The second-order valence-corrected chi connectivity index (χ2v) is 5.49. The zero-order chi connectivity index (χ0) is 18.2. The van der Waals surface area contributed by atoms with E-state index in [0.29, 0.717) is 0 Å². The predicted molar refractivity (Wildman–Crippen MR) is 112 cm³/mol. The standard InChI is InChI=1S/2C7H7O.C6H16N2.2BrH.2ClH.2Mg.Zn/c2*1-8-7-5-3-2-4-6-7;1-7(2)5-6-8(3)4;;;;;;;/h2*3-6H,1H3;5-6H2,1-4H3;4*1H;;;/q2*-1;;;;;;3*+2/p-4. The van der Waals surface area contributed by atoms with Crippen molar-refractivity contribution in [3.05, 3.63) is 60.7 Å². The molecule has 0 fully saturated rings. The first-order chi connectivity index (χ1) is 11.5. The molecule has 166 valence electrons. The fourth-order valence-electron chi connectivity index (χ4n) is 1.42. The van der Waals surface area contributed by atoms with E-state index in [1.54, 1.807) is 14.2 Å². The Balaban J connectivity index is -0.0000000383. The Morgan fingerprint density at radius 1 is 0.645 bits per heavy atom. The molecule has 0 spiro atoms. The van der Waals surface area contributed by atoms with Crippen LogP contribution < -0.4 is 68.3 Å². The fraction of sp³-hybridized carbons (Fsp3) is 0.400. The monoisotopic (exact) mass is 670 g/mol. The van der Waals surface area contributed by atoms with Crippen molar-refractivity contribution < 1.29 is 87.7 Å². The third-order valence-electron chi connectivity index (χ3n) is 2.84. The molecule has 0 amide bonds. The Morgan fingerprint density at radius 3 is 1.00 bits per heavy atom. The van der Waals surface area contributed by atoms with Crippen LogP contribution in [0.15, 0.2) is 48.5 Å². The summed E-state index contributed by atoms with van der Waals surface area (Å²) in [6, 6.07) is 20.5. The van der Waals surface area contributed by atoms with Gasteiger partial charge in [-0.2, -0.15) is 36.4 Å². The topological polar surface area (TPSA) is 24.9 Å². The molecule has 0 bridgehead atoms. The molecule has 11 heteroatoms. The van der Waals surface area contributed by atoms with Gasteiger partial charge in [-0.15, -0.1) is 24.3 Å². The van der Waals surface area contributed by atoms with Crippen molar-refractivity contribution in [3.63, 3.8) is 0 Å². The quantitative estimate of drug-likeness (QED) is 0.233. The van der Waals surface area contributed by atoms with Gasteiger partial charge in [0.1, 0.15) is 0 Å². The fourth-order valence-corrected chi connectivity index (χ4v) is 1.42. The molecule has 0 atom stereocenters. The van der Waals surface area contributed by atoms with Crippen molar-refractivity contribution in [2.24, 2.45) is 0 Å². The smallest absolute Gasteiger partial charge is 1.00 e. The molecule has 4 nitrogen and oxygen atoms in total. The summed E-state index contributed by atoms with van der Waals surface area (Å²) >= 11 is 0. The summed E-state index contributed by atoms with van der Waals surface area (Å²) in [6.07, 6.45) is 0. The van der Waals surface area contributed by atoms with Crippen LogP contribution in [0.2, 0.25) is 0 Å². The number of ether oxygens (including phenoxy) is 2. The Morgan fingerprint density at radius 2 is 0.871 bits per heavy atom. The average Bonchev–Trinajstić information content (AvgIpc) is 2.62. The Bertz CT molecular complexity index is 478. The molecule has 0 saturated heterocycles. The third kappa shape index (κ3) is 39.2. The molecule has 0 aliphatic carbocycles. The molecule has 2 rings (SSSR count). The summed E-state index contributed by atoms with van der Waals surface area (Å²) in [4.78, 5) is 4.36. The van der Waals surface area contributed by atoms with Crippen LogP contribution >= 0.6 is 0 Å². The van der Waals surface area contributed by atoms with E-state index in [1.807, 2.05) is 48.5 Å². The zero-order valence-electron chi connectivity index (χ0n) is 19.4. The van der Waals surface area contributed by atoms with Crippen molar-refractivity contribution in [3.8, 4) is 11.5 Å². The number of benzene rings is 2. The summed E-state index contributed by atoms with van der Waals surface area (Å²) in [5.41, 5.74) is 0. The van der Waals surface area contributed by atoms with Gasteiger partial charge in [0.15, 0.2) is 0 Å². The Labute approximate surface area is 268 Å². The number of methoxy groups -OCH3 is 2. The maximum atomic E-state index is 4.89. The first-order valence-electron chi connectivity index (χ1n) is 7.79. The van der Waals surface area contributed by atoms with Crippen molar-refractivity contribution in [1.82, 2.24) is 9.80 Å². The van der Waals surface area contributed by atoms with Gasteiger partial charge >= 0.3 is 65.6 Å². The number of likely N-dealkylation sites (N-methyl/N-ethyl adjacent to an activating group) is 2. The first kappa shape index (κ1) is 53.8. The van der Waals surface area contributed by atoms with Crippen LogP contribution in [-0.2, 0) is 19.5 Å². The molecule has 0 aromatic heterocycles. The van der Waals surface area contributed by atoms with Crippen LogP contribution in [0.25, 0.3) is 0 Å². The van der Waals surface area contributed by atoms with Gasteiger partial charge in [0.25, 0.3) is 0 Å². The third-order valence-corrected chi connectivity index (χ3v) is 2.84. The van der Waals surface area contributed by atoms with Crippen LogP contribution in [0.5, 0.6) is 11.5 Å². The van der Waals surface area contributed by atoms with E-state index in [-0.39, 0.29) is 124 Å². The van der Waals surface area contributed by atoms with E-state index in [2.05, 4.69) is 50.1 Å². The molecule has 0 unspecified atom stereocenters. The average molecular weight is 675 g/mol. The minimum absolute atomic E-state index is 0. The Kier molecular flexibility index (Phi) is 67.5. The zero-order valence-corrected chi connectivity index (χ0v) is 29.9. The van der Waals surface area contributed by atoms with Crippen LogP contribution in [-0.4, -0.2) is 111 Å². The summed E-state index contributed by atoms with van der Waals surface area (Å²) in [7, 11) is 11.6. The minimum Gasteiger partial charge on any atom is -1.00 e. The van der Waals surface area contributed by atoms with Crippen LogP contribution in [0, 0.1) is 12.1 Å². The molecule has 0 heterocycles. The number of hydrogen-bond donors (Lipinski definition) is 0. The van der Waals surface area contributed by atoms with Crippen molar-refractivity contribution >= 4 is 46.1 Å². The van der Waals surface area contributed by atoms with E-state index in [0.717, 1.165) is 24.6 Å². The summed E-state index contributed by atoms with van der Waals surface area (Å²) < 4.78 is 9.79. The van der Waals surface area contributed by atoms with E-state index in [1.165, 1.54) is 0 Å². The predicted octanol–water partition coefficient (Wildman–Crippen LogP) is -9.65. The number of nitrogens with zero attached hydrogens (tertiary/aromatic N) is 2. The maximum Gasteiger partial charge on any atom is 2.00 e. The molecule has 0 saturated carbocycles.